The summed E-state index contributed by atoms with van der Waals surface area (Å²) in [4.78, 5) is 0. The minimum Gasteiger partial charge on any atom is -0.378 e. The number of hydrogen-bond acceptors (Lipinski definition) is 3. The van der Waals surface area contributed by atoms with E-state index >= 15 is 0 Å². The van der Waals surface area contributed by atoms with Crippen molar-refractivity contribution in [3.63, 3.8) is 0 Å². The summed E-state index contributed by atoms with van der Waals surface area (Å²) < 4.78 is 38.1. The van der Waals surface area contributed by atoms with Gasteiger partial charge in [0.2, 0.25) is 0 Å². The van der Waals surface area contributed by atoms with Crippen LogP contribution in [-0.4, -0.2) is 25.4 Å². The zero-order chi connectivity index (χ0) is 14.2. The van der Waals surface area contributed by atoms with Crippen molar-refractivity contribution in [3.8, 4) is 0 Å². The Balaban J connectivity index is 1.77. The predicted molar refractivity (Wildman–Crippen MR) is 70.1 cm³/mol. The van der Waals surface area contributed by atoms with Gasteiger partial charge in [-0.2, -0.15) is 0 Å². The summed E-state index contributed by atoms with van der Waals surface area (Å²) in [5.74, 6) is -1.02. The van der Waals surface area contributed by atoms with Crippen molar-refractivity contribution in [2.24, 2.45) is 11.7 Å². The minimum atomic E-state index is -0.578. The average molecular weight is 283 g/mol. The van der Waals surface area contributed by atoms with Crippen molar-refractivity contribution in [1.82, 2.24) is 0 Å². The summed E-state index contributed by atoms with van der Waals surface area (Å²) in [7, 11) is 0. The molecule has 0 bridgehead atoms. The van der Waals surface area contributed by atoms with E-state index in [1.807, 2.05) is 0 Å². The summed E-state index contributed by atoms with van der Waals surface area (Å²) in [6, 6.07) is 3.16. The van der Waals surface area contributed by atoms with Gasteiger partial charge < -0.3 is 15.2 Å². The second kappa shape index (κ2) is 5.39. The first kappa shape index (κ1) is 13.9. The first-order valence-electron chi connectivity index (χ1n) is 7.02. The quantitative estimate of drug-likeness (QED) is 0.907. The van der Waals surface area contributed by atoms with Crippen molar-refractivity contribution in [3.05, 3.63) is 35.4 Å². The Kier molecular flexibility index (Phi) is 3.75. The monoisotopic (exact) mass is 283 g/mol. The standard InChI is InChI=1S/C15H19F2NO2/c16-11-1-2-12(13(17)7-11)14(18)10-3-5-20-15(8-10)4-6-19-9-15/h1-2,7,10,14H,3-6,8-9,18H2. The molecule has 2 aliphatic heterocycles. The zero-order valence-electron chi connectivity index (χ0n) is 11.3. The van der Waals surface area contributed by atoms with Gasteiger partial charge in [-0.15, -0.1) is 0 Å². The van der Waals surface area contributed by atoms with E-state index in [1.54, 1.807) is 0 Å². The maximum Gasteiger partial charge on any atom is 0.130 e. The fourth-order valence-corrected chi connectivity index (χ4v) is 3.26. The highest BCUT2D eigenvalue weighted by molar-refractivity contribution is 5.23. The number of ether oxygens (including phenoxy) is 2. The molecule has 1 aromatic rings. The SMILES string of the molecule is NC(c1ccc(F)cc1F)C1CCOC2(CCOC2)C1. The normalized spacial score (nSPS) is 31.6. The van der Waals surface area contributed by atoms with Crippen LogP contribution in [0.5, 0.6) is 0 Å². The van der Waals surface area contributed by atoms with Crippen LogP contribution in [0.1, 0.15) is 30.9 Å². The Morgan fingerprint density at radius 3 is 2.85 bits per heavy atom. The number of halogens is 2. The molecule has 2 saturated heterocycles. The number of nitrogens with two attached hydrogens (primary N) is 1. The van der Waals surface area contributed by atoms with Crippen LogP contribution in [0, 0.1) is 17.6 Å². The predicted octanol–water partition coefficient (Wildman–Crippen LogP) is 2.55. The van der Waals surface area contributed by atoms with Crippen LogP contribution in [0.25, 0.3) is 0 Å². The molecule has 3 nitrogen and oxygen atoms in total. The molecule has 0 aromatic heterocycles. The topological polar surface area (TPSA) is 44.5 Å². The lowest BCUT2D eigenvalue weighted by Crippen LogP contribution is -2.43. The van der Waals surface area contributed by atoms with Crippen LogP contribution in [-0.2, 0) is 9.47 Å². The van der Waals surface area contributed by atoms with E-state index < -0.39 is 17.7 Å². The molecule has 2 aliphatic rings. The molecule has 110 valence electrons. The number of rotatable bonds is 2. The van der Waals surface area contributed by atoms with Crippen molar-refractivity contribution in [1.29, 1.82) is 0 Å². The highest BCUT2D eigenvalue weighted by Gasteiger charge is 2.42. The third-order valence-electron chi connectivity index (χ3n) is 4.43. The Morgan fingerprint density at radius 1 is 1.30 bits per heavy atom. The molecule has 0 aliphatic carbocycles. The van der Waals surface area contributed by atoms with Gasteiger partial charge in [0.05, 0.1) is 12.2 Å². The van der Waals surface area contributed by atoms with Crippen molar-refractivity contribution in [2.75, 3.05) is 19.8 Å². The largest absolute Gasteiger partial charge is 0.378 e. The lowest BCUT2D eigenvalue weighted by molar-refractivity contribution is -0.101. The van der Waals surface area contributed by atoms with E-state index in [4.69, 9.17) is 15.2 Å². The van der Waals surface area contributed by atoms with E-state index in [2.05, 4.69) is 0 Å². The summed E-state index contributed by atoms with van der Waals surface area (Å²) >= 11 is 0. The smallest absolute Gasteiger partial charge is 0.130 e. The van der Waals surface area contributed by atoms with Gasteiger partial charge in [0.1, 0.15) is 11.6 Å². The molecular weight excluding hydrogens is 264 g/mol. The molecule has 5 heteroatoms. The third-order valence-corrected chi connectivity index (χ3v) is 4.43. The maximum atomic E-state index is 13.8. The van der Waals surface area contributed by atoms with E-state index in [0.717, 1.165) is 25.3 Å². The fraction of sp³-hybridized carbons (Fsp3) is 0.600. The molecule has 0 amide bonds. The summed E-state index contributed by atoms with van der Waals surface area (Å²) in [5, 5.41) is 0. The van der Waals surface area contributed by atoms with Crippen LogP contribution in [0.2, 0.25) is 0 Å². The van der Waals surface area contributed by atoms with Crippen molar-refractivity contribution in [2.45, 2.75) is 30.9 Å². The van der Waals surface area contributed by atoms with Crippen LogP contribution < -0.4 is 5.73 Å². The van der Waals surface area contributed by atoms with E-state index in [9.17, 15) is 8.78 Å². The van der Waals surface area contributed by atoms with Crippen LogP contribution in [0.4, 0.5) is 8.78 Å². The Labute approximate surface area is 117 Å². The van der Waals surface area contributed by atoms with Crippen LogP contribution in [0.3, 0.4) is 0 Å². The zero-order valence-corrected chi connectivity index (χ0v) is 11.3. The fourth-order valence-electron chi connectivity index (χ4n) is 3.26. The molecule has 2 heterocycles. The minimum absolute atomic E-state index is 0.130. The molecule has 0 saturated carbocycles. The lowest BCUT2D eigenvalue weighted by Gasteiger charge is -2.39. The summed E-state index contributed by atoms with van der Waals surface area (Å²) in [5.41, 5.74) is 6.34. The Morgan fingerprint density at radius 2 is 2.15 bits per heavy atom. The highest BCUT2D eigenvalue weighted by atomic mass is 19.1. The molecule has 2 N–H and O–H groups in total. The lowest BCUT2D eigenvalue weighted by atomic mass is 9.79. The van der Waals surface area contributed by atoms with Crippen LogP contribution >= 0.6 is 0 Å². The van der Waals surface area contributed by atoms with Gasteiger partial charge in [0, 0.05) is 37.3 Å². The summed E-state index contributed by atoms with van der Waals surface area (Å²) in [6.07, 6.45) is 2.42. The van der Waals surface area contributed by atoms with Crippen molar-refractivity contribution >= 4 is 0 Å². The Bertz CT molecular complexity index is 489. The van der Waals surface area contributed by atoms with Crippen LogP contribution in [0.15, 0.2) is 18.2 Å². The van der Waals surface area contributed by atoms with Gasteiger partial charge >= 0.3 is 0 Å². The van der Waals surface area contributed by atoms with Gasteiger partial charge in [-0.1, -0.05) is 6.07 Å². The van der Waals surface area contributed by atoms with E-state index in [0.29, 0.717) is 25.4 Å². The summed E-state index contributed by atoms with van der Waals surface area (Å²) in [6.45, 7) is 1.90. The van der Waals surface area contributed by atoms with E-state index in [-0.39, 0.29) is 11.5 Å². The number of hydrogen-bond donors (Lipinski definition) is 1. The number of benzene rings is 1. The molecular formula is C15H19F2NO2. The molecule has 20 heavy (non-hydrogen) atoms. The molecule has 3 atom stereocenters. The third kappa shape index (κ3) is 2.57. The molecule has 1 aromatic carbocycles. The maximum absolute atomic E-state index is 13.8. The molecule has 2 fully saturated rings. The second-order valence-electron chi connectivity index (χ2n) is 5.78. The van der Waals surface area contributed by atoms with Crippen molar-refractivity contribution < 1.29 is 18.3 Å². The highest BCUT2D eigenvalue weighted by Crippen LogP contribution is 2.40. The Hall–Kier alpha value is -1.04. The van der Waals surface area contributed by atoms with Gasteiger partial charge in [0.25, 0.3) is 0 Å². The van der Waals surface area contributed by atoms with Gasteiger partial charge in [-0.3, -0.25) is 0 Å². The molecule has 3 rings (SSSR count). The van der Waals surface area contributed by atoms with Gasteiger partial charge in [-0.05, 0) is 24.8 Å². The molecule has 1 spiro atoms. The van der Waals surface area contributed by atoms with Gasteiger partial charge in [0.15, 0.2) is 0 Å². The van der Waals surface area contributed by atoms with E-state index in [1.165, 1.54) is 12.1 Å². The first-order chi connectivity index (χ1) is 9.60. The average Bonchev–Trinajstić information content (AvgIpc) is 2.86. The molecule has 0 radical (unpaired) electrons. The molecule has 3 unspecified atom stereocenters. The second-order valence-corrected chi connectivity index (χ2v) is 5.78. The van der Waals surface area contributed by atoms with Gasteiger partial charge in [-0.25, -0.2) is 8.78 Å². The first-order valence-corrected chi connectivity index (χ1v) is 7.02.